The molecule has 6 atom stereocenters. The van der Waals surface area contributed by atoms with E-state index in [4.69, 9.17) is 14.9 Å². The topological polar surface area (TPSA) is 90.3 Å². The molecule has 166 valence electrons. The smallest absolute Gasteiger partial charge is 0.191 e. The third-order valence-electron chi connectivity index (χ3n) is 8.98. The van der Waals surface area contributed by atoms with Gasteiger partial charge < -0.3 is 20.0 Å². The highest BCUT2D eigenvalue weighted by Crippen LogP contribution is 2.65. The lowest BCUT2D eigenvalue weighted by Crippen LogP contribution is -2.51. The summed E-state index contributed by atoms with van der Waals surface area (Å²) < 4.78 is 5.05. The molecule has 30 heavy (non-hydrogen) atoms. The molecule has 1 aromatic heterocycles. The minimum Gasteiger partial charge on any atom is -0.446 e. The molecular weight excluding hydrogens is 376 g/mol. The fraction of sp³-hybridized carbons (Fsp3) is 0.760. The van der Waals surface area contributed by atoms with Crippen LogP contribution in [0.2, 0.25) is 0 Å². The van der Waals surface area contributed by atoms with E-state index in [2.05, 4.69) is 24.9 Å². The number of fused-ring (bicyclic) bond motifs is 5. The Balaban J connectivity index is 0.000000204. The Kier molecular flexibility index (Phi) is 5.97. The van der Waals surface area contributed by atoms with Gasteiger partial charge in [-0.1, -0.05) is 19.4 Å². The Hall–Kier alpha value is -1.46. The summed E-state index contributed by atoms with van der Waals surface area (Å²) in [6.45, 7) is 6.74. The summed E-state index contributed by atoms with van der Waals surface area (Å²) in [5, 5.41) is 26.9. The number of allylic oxidation sites excluding steroid dienone is 2. The molecule has 4 aliphatic rings. The third-order valence-corrected chi connectivity index (χ3v) is 8.98. The van der Waals surface area contributed by atoms with Gasteiger partial charge in [0.15, 0.2) is 5.89 Å². The van der Waals surface area contributed by atoms with Crippen LogP contribution in [0.15, 0.2) is 22.3 Å². The molecule has 4 aliphatic carbocycles. The zero-order chi connectivity index (χ0) is 21.5. The lowest BCUT2D eigenvalue weighted by atomic mass is 9.47. The number of hydrogen-bond donors (Lipinski definition) is 3. The first-order valence-corrected chi connectivity index (χ1v) is 11.8. The van der Waals surface area contributed by atoms with Gasteiger partial charge in [0.25, 0.3) is 0 Å². The van der Waals surface area contributed by atoms with Gasteiger partial charge in [0.1, 0.15) is 5.76 Å². The standard InChI is InChI=1S/C19H29NO.C6H9NO2/c1-18-9-7-13(20)11-12(18)3-4-14-15-5-6-17(21)19(15,2)10-8-16(14)18;1-5-7-4-6(9-5)2-3-8/h11,14-17,20-21H,3-10H2,1-2H3;4,8H,2-3H2,1H3/t14?,15?,16?,17?,18?,19-;/m0./s1. The van der Waals surface area contributed by atoms with Crippen LogP contribution < -0.4 is 0 Å². The van der Waals surface area contributed by atoms with Crippen molar-refractivity contribution in [3.8, 4) is 0 Å². The number of nitrogens with one attached hydrogen (secondary N) is 1. The van der Waals surface area contributed by atoms with E-state index in [1.54, 1.807) is 18.7 Å². The third kappa shape index (κ3) is 3.69. The van der Waals surface area contributed by atoms with Crippen molar-refractivity contribution < 1.29 is 14.6 Å². The molecule has 5 nitrogen and oxygen atoms in total. The lowest BCUT2D eigenvalue weighted by Gasteiger charge is -2.57. The van der Waals surface area contributed by atoms with Crippen LogP contribution in [-0.4, -0.2) is 33.6 Å². The van der Waals surface area contributed by atoms with Crippen molar-refractivity contribution >= 4 is 5.71 Å². The average Bonchev–Trinajstić information content (AvgIpc) is 3.26. The monoisotopic (exact) mass is 414 g/mol. The summed E-state index contributed by atoms with van der Waals surface area (Å²) in [4.78, 5) is 3.86. The van der Waals surface area contributed by atoms with Crippen molar-refractivity contribution in [1.29, 1.82) is 5.41 Å². The van der Waals surface area contributed by atoms with Gasteiger partial charge in [-0.05, 0) is 86.0 Å². The van der Waals surface area contributed by atoms with Crippen LogP contribution in [-0.2, 0) is 6.42 Å². The molecule has 0 spiro atoms. The minimum atomic E-state index is -0.0623. The maximum Gasteiger partial charge on any atom is 0.191 e. The Bertz CT molecular complexity index is 815. The molecule has 5 rings (SSSR count). The Labute approximate surface area is 180 Å². The minimum absolute atomic E-state index is 0.0623. The lowest BCUT2D eigenvalue weighted by molar-refractivity contribution is -0.0721. The van der Waals surface area contributed by atoms with Gasteiger partial charge in [-0.2, -0.15) is 0 Å². The van der Waals surface area contributed by atoms with Crippen LogP contribution in [0.5, 0.6) is 0 Å². The highest BCUT2D eigenvalue weighted by Gasteiger charge is 2.58. The maximum atomic E-state index is 10.5. The van der Waals surface area contributed by atoms with Crippen LogP contribution >= 0.6 is 0 Å². The summed E-state index contributed by atoms with van der Waals surface area (Å²) in [5.74, 6) is 3.75. The zero-order valence-corrected chi connectivity index (χ0v) is 18.8. The molecule has 0 aliphatic heterocycles. The van der Waals surface area contributed by atoms with Crippen molar-refractivity contribution in [3.05, 3.63) is 29.5 Å². The van der Waals surface area contributed by atoms with E-state index in [0.717, 1.165) is 42.1 Å². The van der Waals surface area contributed by atoms with Gasteiger partial charge in [0.2, 0.25) is 0 Å². The van der Waals surface area contributed by atoms with E-state index >= 15 is 0 Å². The SMILES string of the molecule is CC12CCC(=N)C=C1CCC1C2CC[C@]2(C)C(O)CCC12.Cc1ncc(CCO)o1. The molecule has 0 bridgehead atoms. The fourth-order valence-corrected chi connectivity index (χ4v) is 7.19. The predicted octanol–water partition coefficient (Wildman–Crippen LogP) is 4.85. The number of hydrogen-bond acceptors (Lipinski definition) is 5. The largest absolute Gasteiger partial charge is 0.446 e. The zero-order valence-electron chi connectivity index (χ0n) is 18.8. The van der Waals surface area contributed by atoms with E-state index in [0.29, 0.717) is 17.7 Å². The van der Waals surface area contributed by atoms with Gasteiger partial charge in [-0.3, -0.25) is 0 Å². The van der Waals surface area contributed by atoms with Crippen LogP contribution in [0.3, 0.4) is 0 Å². The quantitative estimate of drug-likeness (QED) is 0.645. The summed E-state index contributed by atoms with van der Waals surface area (Å²) in [7, 11) is 0. The Morgan fingerprint density at radius 2 is 1.93 bits per heavy atom. The van der Waals surface area contributed by atoms with E-state index in [1.165, 1.54) is 38.5 Å². The summed E-state index contributed by atoms with van der Waals surface area (Å²) in [6.07, 6.45) is 13.7. The van der Waals surface area contributed by atoms with Crippen molar-refractivity contribution in [1.82, 2.24) is 4.98 Å². The molecular formula is C25H38N2O3. The summed E-state index contributed by atoms with van der Waals surface area (Å²) in [6, 6.07) is 0. The molecule has 1 heterocycles. The van der Waals surface area contributed by atoms with Crippen LogP contribution in [0, 0.1) is 40.9 Å². The molecule has 3 N–H and O–H groups in total. The first-order valence-electron chi connectivity index (χ1n) is 11.8. The number of oxazole rings is 1. The van der Waals surface area contributed by atoms with Gasteiger partial charge in [-0.15, -0.1) is 0 Å². The Morgan fingerprint density at radius 1 is 1.13 bits per heavy atom. The Morgan fingerprint density at radius 3 is 2.63 bits per heavy atom. The first-order chi connectivity index (χ1) is 14.3. The van der Waals surface area contributed by atoms with Crippen molar-refractivity contribution in [2.45, 2.75) is 84.7 Å². The second kappa shape index (κ2) is 8.23. The van der Waals surface area contributed by atoms with E-state index in [1.807, 2.05) is 0 Å². The van der Waals surface area contributed by atoms with Gasteiger partial charge in [0.05, 0.1) is 18.9 Å². The second-order valence-corrected chi connectivity index (χ2v) is 10.5. The number of rotatable bonds is 2. The van der Waals surface area contributed by atoms with E-state index in [9.17, 15) is 5.11 Å². The molecule has 3 saturated carbocycles. The highest BCUT2D eigenvalue weighted by molar-refractivity contribution is 5.94. The predicted molar refractivity (Wildman–Crippen MR) is 117 cm³/mol. The van der Waals surface area contributed by atoms with E-state index in [-0.39, 0.29) is 18.1 Å². The molecule has 3 fully saturated rings. The number of aromatic nitrogens is 1. The van der Waals surface area contributed by atoms with Crippen molar-refractivity contribution in [2.75, 3.05) is 6.61 Å². The van der Waals surface area contributed by atoms with Gasteiger partial charge in [-0.25, -0.2) is 4.98 Å². The maximum absolute atomic E-state index is 10.5. The van der Waals surface area contributed by atoms with Crippen molar-refractivity contribution in [2.24, 2.45) is 28.6 Å². The average molecular weight is 415 g/mol. The van der Waals surface area contributed by atoms with Crippen LogP contribution in [0.1, 0.15) is 76.9 Å². The molecule has 0 aromatic carbocycles. The highest BCUT2D eigenvalue weighted by atomic mass is 16.4. The molecule has 1 aromatic rings. The summed E-state index contributed by atoms with van der Waals surface area (Å²) in [5.41, 5.74) is 2.96. The number of nitrogens with zero attached hydrogens (tertiary/aromatic N) is 1. The molecule has 0 radical (unpaired) electrons. The molecule has 0 amide bonds. The van der Waals surface area contributed by atoms with Crippen LogP contribution in [0.25, 0.3) is 0 Å². The molecule has 5 unspecified atom stereocenters. The van der Waals surface area contributed by atoms with Crippen molar-refractivity contribution in [3.63, 3.8) is 0 Å². The number of aryl methyl sites for hydroxylation is 1. The van der Waals surface area contributed by atoms with Gasteiger partial charge in [0, 0.05) is 19.1 Å². The fourth-order valence-electron chi connectivity index (χ4n) is 7.19. The number of aliphatic hydroxyl groups is 2. The van der Waals surface area contributed by atoms with Gasteiger partial charge >= 0.3 is 0 Å². The second-order valence-electron chi connectivity index (χ2n) is 10.5. The summed E-state index contributed by atoms with van der Waals surface area (Å²) >= 11 is 0. The first kappa shape index (κ1) is 21.8. The normalized spacial score (nSPS) is 39.9. The molecule has 5 heteroatoms. The molecule has 0 saturated heterocycles. The van der Waals surface area contributed by atoms with Crippen LogP contribution in [0.4, 0.5) is 0 Å². The van der Waals surface area contributed by atoms with E-state index < -0.39 is 0 Å². The number of aliphatic hydroxyl groups excluding tert-OH is 2.